The lowest BCUT2D eigenvalue weighted by Gasteiger charge is -2.08. The Balaban J connectivity index is 2.16. The molecule has 0 saturated heterocycles. The average molecular weight is 294 g/mol. The van der Waals surface area contributed by atoms with Crippen molar-refractivity contribution in [2.24, 2.45) is 0 Å². The highest BCUT2D eigenvalue weighted by Crippen LogP contribution is 2.24. The summed E-state index contributed by atoms with van der Waals surface area (Å²) in [6, 6.07) is 7.22. The number of hydrogen-bond donors (Lipinski definition) is 1. The highest BCUT2D eigenvalue weighted by Gasteiger charge is 2.08. The fourth-order valence-corrected chi connectivity index (χ4v) is 2.01. The number of nitrogens with two attached hydrogens (primary N) is 1. The summed E-state index contributed by atoms with van der Waals surface area (Å²) in [7, 11) is 3.11. The summed E-state index contributed by atoms with van der Waals surface area (Å²) in [6.45, 7) is 0. The van der Waals surface area contributed by atoms with Crippen LogP contribution in [0.25, 0.3) is 0 Å². The van der Waals surface area contributed by atoms with Crippen molar-refractivity contribution in [3.8, 4) is 11.8 Å². The summed E-state index contributed by atoms with van der Waals surface area (Å²) >= 11 is 5.99. The lowest BCUT2D eigenvalue weighted by molar-refractivity contribution is 0.368. The van der Waals surface area contributed by atoms with Crippen molar-refractivity contribution in [2.75, 3.05) is 20.0 Å². The molecule has 0 radical (unpaired) electrons. The molecule has 0 saturated carbocycles. The van der Waals surface area contributed by atoms with Crippen LogP contribution in [0.3, 0.4) is 0 Å². The van der Waals surface area contributed by atoms with E-state index in [9.17, 15) is 0 Å². The van der Waals surface area contributed by atoms with Gasteiger partial charge in [0.15, 0.2) is 0 Å². The van der Waals surface area contributed by atoms with Gasteiger partial charge in [-0.25, -0.2) is 0 Å². The first-order chi connectivity index (χ1) is 9.63. The Morgan fingerprint density at radius 3 is 2.35 bits per heavy atom. The predicted octanol–water partition coefficient (Wildman–Crippen LogP) is 2.51. The zero-order chi connectivity index (χ0) is 14.5. The topological polar surface area (TPSA) is 70.3 Å². The molecule has 6 heteroatoms. The van der Waals surface area contributed by atoms with Crippen LogP contribution in [0.4, 0.5) is 5.69 Å². The fraction of sp³-hybridized carbons (Fsp3) is 0.286. The van der Waals surface area contributed by atoms with E-state index < -0.39 is 0 Å². The Morgan fingerprint density at radius 2 is 1.75 bits per heavy atom. The van der Waals surface area contributed by atoms with Crippen molar-refractivity contribution in [1.82, 2.24) is 9.97 Å². The van der Waals surface area contributed by atoms with Gasteiger partial charge in [-0.2, -0.15) is 9.97 Å². The maximum Gasteiger partial charge on any atom is 0.220 e. The Hall–Kier alpha value is -2.01. The van der Waals surface area contributed by atoms with Crippen LogP contribution >= 0.6 is 11.6 Å². The van der Waals surface area contributed by atoms with Gasteiger partial charge in [-0.05, 0) is 18.1 Å². The van der Waals surface area contributed by atoms with Gasteiger partial charge in [0.1, 0.15) is 5.82 Å². The number of halogens is 1. The summed E-state index contributed by atoms with van der Waals surface area (Å²) in [4.78, 5) is 8.56. The van der Waals surface area contributed by atoms with Gasteiger partial charge in [-0.3, -0.25) is 0 Å². The first-order valence-corrected chi connectivity index (χ1v) is 6.50. The van der Waals surface area contributed by atoms with Crippen LogP contribution in [-0.2, 0) is 12.8 Å². The zero-order valence-electron chi connectivity index (χ0n) is 11.4. The van der Waals surface area contributed by atoms with Crippen molar-refractivity contribution >= 4 is 17.3 Å². The van der Waals surface area contributed by atoms with Gasteiger partial charge >= 0.3 is 0 Å². The molecule has 0 atom stereocenters. The zero-order valence-corrected chi connectivity index (χ0v) is 12.1. The van der Waals surface area contributed by atoms with E-state index >= 15 is 0 Å². The quantitative estimate of drug-likeness (QED) is 0.858. The van der Waals surface area contributed by atoms with Crippen LogP contribution in [0.1, 0.15) is 11.4 Å². The largest absolute Gasteiger partial charge is 0.481 e. The molecule has 0 aliphatic heterocycles. The van der Waals surface area contributed by atoms with Crippen molar-refractivity contribution in [1.29, 1.82) is 0 Å². The minimum Gasteiger partial charge on any atom is -0.481 e. The number of methoxy groups -OCH3 is 2. The lowest BCUT2D eigenvalue weighted by Crippen LogP contribution is -2.03. The number of para-hydroxylation sites is 1. The molecule has 2 aromatic rings. The van der Waals surface area contributed by atoms with E-state index in [2.05, 4.69) is 9.97 Å². The number of nitrogen functional groups attached to an aromatic ring is 1. The third-order valence-corrected chi connectivity index (χ3v) is 3.23. The highest BCUT2D eigenvalue weighted by molar-refractivity contribution is 6.33. The Labute approximate surface area is 122 Å². The number of aryl methyl sites for hydroxylation is 2. The molecule has 0 bridgehead atoms. The number of benzene rings is 1. The third-order valence-electron chi connectivity index (χ3n) is 2.90. The van der Waals surface area contributed by atoms with Crippen molar-refractivity contribution in [2.45, 2.75) is 12.8 Å². The van der Waals surface area contributed by atoms with Crippen LogP contribution in [0.5, 0.6) is 11.8 Å². The molecular formula is C14H16ClN3O2. The second-order valence-electron chi connectivity index (χ2n) is 4.18. The molecule has 0 aliphatic carbocycles. The number of aromatic nitrogens is 2. The first-order valence-electron chi connectivity index (χ1n) is 6.13. The van der Waals surface area contributed by atoms with Gasteiger partial charge < -0.3 is 15.2 Å². The number of ether oxygens (including phenoxy) is 2. The molecule has 1 aromatic carbocycles. The van der Waals surface area contributed by atoms with E-state index in [1.165, 1.54) is 0 Å². The maximum absolute atomic E-state index is 5.99. The number of rotatable bonds is 5. The standard InChI is InChI=1S/C14H16ClN3O2/c1-19-12-8-13(20-2)18-11(17-12)7-6-9-4-3-5-10(15)14(9)16/h3-5,8H,6-7,16H2,1-2H3. The maximum atomic E-state index is 5.99. The Bertz CT molecular complexity index is 583. The van der Waals surface area contributed by atoms with Gasteiger partial charge in [-0.15, -0.1) is 0 Å². The Kier molecular flexibility index (Phi) is 4.63. The summed E-state index contributed by atoms with van der Waals surface area (Å²) in [5, 5.41) is 0.562. The monoisotopic (exact) mass is 293 g/mol. The van der Waals surface area contributed by atoms with Gasteiger partial charge in [0.25, 0.3) is 0 Å². The number of anilines is 1. The van der Waals surface area contributed by atoms with Crippen molar-refractivity contribution in [3.05, 3.63) is 40.7 Å². The summed E-state index contributed by atoms with van der Waals surface area (Å²) in [5.41, 5.74) is 7.51. The molecule has 2 rings (SSSR count). The number of hydrogen-bond acceptors (Lipinski definition) is 5. The molecule has 0 amide bonds. The van der Waals surface area contributed by atoms with Gasteiger partial charge in [0.2, 0.25) is 11.8 Å². The predicted molar refractivity (Wildman–Crippen MR) is 78.4 cm³/mol. The molecule has 0 aliphatic rings. The summed E-state index contributed by atoms with van der Waals surface area (Å²) in [5.74, 6) is 1.59. The minimum absolute atomic E-state index is 0.478. The second kappa shape index (κ2) is 6.43. The van der Waals surface area contributed by atoms with Crippen molar-refractivity contribution < 1.29 is 9.47 Å². The van der Waals surface area contributed by atoms with Crippen LogP contribution in [0, 0.1) is 0 Å². The molecule has 0 spiro atoms. The van der Waals surface area contributed by atoms with Crippen molar-refractivity contribution in [3.63, 3.8) is 0 Å². The minimum atomic E-state index is 0.478. The SMILES string of the molecule is COc1cc(OC)nc(CCc2cccc(Cl)c2N)n1. The van der Waals surface area contributed by atoms with E-state index in [1.807, 2.05) is 12.1 Å². The lowest BCUT2D eigenvalue weighted by atomic mass is 10.1. The molecule has 5 nitrogen and oxygen atoms in total. The van der Waals surface area contributed by atoms with Gasteiger partial charge in [0, 0.05) is 6.42 Å². The average Bonchev–Trinajstić information content (AvgIpc) is 2.48. The van der Waals surface area contributed by atoms with Crippen LogP contribution < -0.4 is 15.2 Å². The Morgan fingerprint density at radius 1 is 1.10 bits per heavy atom. The third kappa shape index (κ3) is 3.30. The fourth-order valence-electron chi connectivity index (χ4n) is 1.82. The van der Waals surface area contributed by atoms with Gasteiger partial charge in [0.05, 0.1) is 31.0 Å². The number of nitrogens with zero attached hydrogens (tertiary/aromatic N) is 2. The normalized spacial score (nSPS) is 10.3. The molecule has 0 unspecified atom stereocenters. The molecule has 0 fully saturated rings. The van der Waals surface area contributed by atoms with E-state index in [0.717, 1.165) is 5.56 Å². The van der Waals surface area contributed by atoms with E-state index in [-0.39, 0.29) is 0 Å². The molecule has 2 N–H and O–H groups in total. The smallest absolute Gasteiger partial charge is 0.220 e. The molecule has 1 aromatic heterocycles. The van der Waals surface area contributed by atoms with E-state index in [1.54, 1.807) is 26.4 Å². The second-order valence-corrected chi connectivity index (χ2v) is 4.59. The molecular weight excluding hydrogens is 278 g/mol. The van der Waals surface area contributed by atoms with E-state index in [0.29, 0.717) is 41.1 Å². The van der Waals surface area contributed by atoms with Gasteiger partial charge in [-0.1, -0.05) is 23.7 Å². The molecule has 20 heavy (non-hydrogen) atoms. The van der Waals surface area contributed by atoms with E-state index in [4.69, 9.17) is 26.8 Å². The van der Waals surface area contributed by atoms with Crippen LogP contribution in [0.2, 0.25) is 5.02 Å². The summed E-state index contributed by atoms with van der Waals surface area (Å²) in [6.07, 6.45) is 1.32. The first kappa shape index (κ1) is 14.4. The van der Waals surface area contributed by atoms with Crippen LogP contribution in [0.15, 0.2) is 24.3 Å². The van der Waals surface area contributed by atoms with Crippen LogP contribution in [-0.4, -0.2) is 24.2 Å². The molecule has 106 valence electrons. The summed E-state index contributed by atoms with van der Waals surface area (Å²) < 4.78 is 10.2. The molecule has 1 heterocycles. The highest BCUT2D eigenvalue weighted by atomic mass is 35.5.